The maximum Gasteiger partial charge on any atom is 0.268 e. The highest BCUT2D eigenvalue weighted by molar-refractivity contribution is 5.96. The number of nitrogens with zero attached hydrogens (tertiary/aromatic N) is 4. The lowest BCUT2D eigenvalue weighted by atomic mass is 9.73. The Hall–Kier alpha value is -4.01. The zero-order valence-electron chi connectivity index (χ0n) is 20.8. The lowest BCUT2D eigenvalue weighted by Gasteiger charge is -2.43. The first kappa shape index (κ1) is 23.4. The standard InChI is InChI=1S/C28H30N6O3/c1-17-3-2-9-34-16-22(30-26(17)34)13-25(35)33-10-7-18-11-21(5-4-20(18)15-33)31-28(37)24-12-19-6-8-29-14-23(19)27(36)32-24/h2-3,6,8-9,12,14,16,18,20-21H,4-5,7,10-11,13,15H2,1H3,(H,31,37)(H,32,36). The summed E-state index contributed by atoms with van der Waals surface area (Å²) in [6.45, 7) is 3.53. The highest BCUT2D eigenvalue weighted by Crippen LogP contribution is 2.36. The number of carbonyl (C=O) groups excluding carboxylic acids is 2. The second-order valence-corrected chi connectivity index (χ2v) is 10.4. The van der Waals surface area contributed by atoms with Crippen LogP contribution in [0.1, 0.15) is 47.4 Å². The summed E-state index contributed by atoms with van der Waals surface area (Å²) < 4.78 is 1.98. The summed E-state index contributed by atoms with van der Waals surface area (Å²) in [6, 6.07) is 7.51. The number of likely N-dealkylation sites (tertiary alicyclic amines) is 1. The first-order valence-corrected chi connectivity index (χ1v) is 12.9. The van der Waals surface area contributed by atoms with Crippen molar-refractivity contribution in [1.82, 2.24) is 29.6 Å². The van der Waals surface area contributed by atoms with E-state index in [1.54, 1.807) is 18.3 Å². The predicted molar refractivity (Wildman–Crippen MR) is 139 cm³/mol. The van der Waals surface area contributed by atoms with Crippen molar-refractivity contribution in [2.45, 2.75) is 45.1 Å². The Morgan fingerprint density at radius 3 is 2.95 bits per heavy atom. The first-order valence-electron chi connectivity index (χ1n) is 12.9. The number of piperidine rings is 1. The molecule has 0 bridgehead atoms. The molecule has 2 amide bonds. The molecule has 1 aliphatic heterocycles. The van der Waals surface area contributed by atoms with Gasteiger partial charge in [0.1, 0.15) is 11.3 Å². The largest absolute Gasteiger partial charge is 0.348 e. The molecule has 3 unspecified atom stereocenters. The normalized spacial score (nSPS) is 21.6. The molecule has 2 fully saturated rings. The van der Waals surface area contributed by atoms with E-state index in [-0.39, 0.29) is 29.1 Å². The van der Waals surface area contributed by atoms with E-state index in [0.29, 0.717) is 29.0 Å². The van der Waals surface area contributed by atoms with Gasteiger partial charge in [-0.15, -0.1) is 0 Å². The van der Waals surface area contributed by atoms with Gasteiger partial charge in [0.15, 0.2) is 0 Å². The van der Waals surface area contributed by atoms with Gasteiger partial charge >= 0.3 is 0 Å². The van der Waals surface area contributed by atoms with Crippen molar-refractivity contribution in [3.8, 4) is 0 Å². The van der Waals surface area contributed by atoms with Crippen molar-refractivity contribution in [2.24, 2.45) is 11.8 Å². The molecule has 9 heteroatoms. The van der Waals surface area contributed by atoms with Gasteiger partial charge in [0.2, 0.25) is 5.91 Å². The van der Waals surface area contributed by atoms with E-state index in [4.69, 9.17) is 0 Å². The molecule has 9 nitrogen and oxygen atoms in total. The molecular formula is C28H30N6O3. The zero-order valence-corrected chi connectivity index (χ0v) is 20.8. The van der Waals surface area contributed by atoms with Crippen LogP contribution in [0.3, 0.4) is 0 Å². The molecule has 2 N–H and O–H groups in total. The third-order valence-electron chi connectivity index (χ3n) is 8.00. The predicted octanol–water partition coefficient (Wildman–Crippen LogP) is 2.87. The lowest BCUT2D eigenvalue weighted by Crippen LogP contribution is -2.49. The third-order valence-corrected chi connectivity index (χ3v) is 8.00. The number of nitrogens with one attached hydrogen (secondary N) is 2. The Morgan fingerprint density at radius 1 is 1.19 bits per heavy atom. The summed E-state index contributed by atoms with van der Waals surface area (Å²) in [5.41, 5.74) is 2.75. The molecule has 0 spiro atoms. The molecule has 0 radical (unpaired) electrons. The van der Waals surface area contributed by atoms with Crippen LogP contribution in [0.4, 0.5) is 0 Å². The van der Waals surface area contributed by atoms with Crippen LogP contribution in [0, 0.1) is 18.8 Å². The molecule has 3 atom stereocenters. The zero-order chi connectivity index (χ0) is 25.5. The minimum atomic E-state index is -0.310. The molecule has 0 aromatic carbocycles. The highest BCUT2D eigenvalue weighted by Gasteiger charge is 2.36. The van der Waals surface area contributed by atoms with Gasteiger partial charge in [-0.2, -0.15) is 0 Å². The van der Waals surface area contributed by atoms with Gasteiger partial charge in [-0.25, -0.2) is 4.98 Å². The van der Waals surface area contributed by atoms with E-state index in [1.807, 2.05) is 40.8 Å². The summed E-state index contributed by atoms with van der Waals surface area (Å²) in [5, 5.41) is 4.30. The number of H-pyrrole nitrogens is 1. The van der Waals surface area contributed by atoms with Gasteiger partial charge < -0.3 is 19.6 Å². The smallest absolute Gasteiger partial charge is 0.268 e. The fourth-order valence-electron chi connectivity index (χ4n) is 6.02. The molecule has 5 heterocycles. The van der Waals surface area contributed by atoms with E-state index in [1.165, 1.54) is 6.20 Å². The number of carbonyl (C=O) groups is 2. The number of pyridine rings is 3. The van der Waals surface area contributed by atoms with E-state index in [0.717, 1.165) is 55.7 Å². The number of aromatic amines is 1. The topological polar surface area (TPSA) is 112 Å². The summed E-state index contributed by atoms with van der Waals surface area (Å²) in [5.74, 6) is 0.796. The molecule has 2 aliphatic rings. The van der Waals surface area contributed by atoms with Crippen LogP contribution in [-0.2, 0) is 11.2 Å². The minimum Gasteiger partial charge on any atom is -0.348 e. The molecule has 4 aromatic heterocycles. The summed E-state index contributed by atoms with van der Waals surface area (Å²) in [7, 11) is 0. The molecule has 37 heavy (non-hydrogen) atoms. The minimum absolute atomic E-state index is 0.0638. The fraction of sp³-hybridized carbons (Fsp3) is 0.393. The van der Waals surface area contributed by atoms with Crippen molar-refractivity contribution in [1.29, 1.82) is 0 Å². The number of fused-ring (bicyclic) bond motifs is 3. The van der Waals surface area contributed by atoms with Crippen LogP contribution in [0.25, 0.3) is 16.4 Å². The van der Waals surface area contributed by atoms with Gasteiger partial charge in [0.25, 0.3) is 11.5 Å². The van der Waals surface area contributed by atoms with E-state index in [2.05, 4.69) is 20.3 Å². The average molecular weight is 499 g/mol. The van der Waals surface area contributed by atoms with Crippen molar-refractivity contribution >= 4 is 28.2 Å². The molecule has 190 valence electrons. The third kappa shape index (κ3) is 4.61. The lowest BCUT2D eigenvalue weighted by molar-refractivity contribution is -0.133. The first-order chi connectivity index (χ1) is 17.9. The Labute approximate surface area is 213 Å². The van der Waals surface area contributed by atoms with E-state index >= 15 is 0 Å². The van der Waals surface area contributed by atoms with Crippen LogP contribution < -0.4 is 10.9 Å². The highest BCUT2D eigenvalue weighted by atomic mass is 16.2. The quantitative estimate of drug-likeness (QED) is 0.449. The Bertz CT molecular complexity index is 1560. The molecule has 1 saturated carbocycles. The molecule has 6 rings (SSSR count). The van der Waals surface area contributed by atoms with Crippen LogP contribution in [-0.4, -0.2) is 55.2 Å². The molecular weight excluding hydrogens is 468 g/mol. The van der Waals surface area contributed by atoms with Gasteiger partial charge in [0, 0.05) is 43.9 Å². The van der Waals surface area contributed by atoms with Crippen LogP contribution in [0.2, 0.25) is 0 Å². The van der Waals surface area contributed by atoms with Crippen LogP contribution in [0.5, 0.6) is 0 Å². The molecule has 1 aliphatic carbocycles. The van der Waals surface area contributed by atoms with Gasteiger partial charge in [-0.3, -0.25) is 19.4 Å². The number of hydrogen-bond donors (Lipinski definition) is 2. The van der Waals surface area contributed by atoms with Crippen molar-refractivity contribution in [2.75, 3.05) is 13.1 Å². The number of amides is 2. The molecule has 4 aromatic rings. The number of aryl methyl sites for hydroxylation is 1. The van der Waals surface area contributed by atoms with Crippen LogP contribution >= 0.6 is 0 Å². The number of imidazole rings is 1. The Balaban J connectivity index is 1.05. The van der Waals surface area contributed by atoms with Gasteiger partial charge in [0.05, 0.1) is 17.5 Å². The van der Waals surface area contributed by atoms with Crippen molar-refractivity contribution in [3.05, 3.63) is 76.4 Å². The SMILES string of the molecule is Cc1cccn2cc(CC(=O)N3CCC4CC(NC(=O)c5cc6ccncc6c(=O)[nH]5)CCC4C3)nc12. The van der Waals surface area contributed by atoms with Crippen LogP contribution in [0.15, 0.2) is 53.8 Å². The second kappa shape index (κ2) is 9.46. The van der Waals surface area contributed by atoms with Gasteiger partial charge in [-0.05, 0) is 73.6 Å². The van der Waals surface area contributed by atoms with Gasteiger partial charge in [-0.1, -0.05) is 6.07 Å². The monoisotopic (exact) mass is 498 g/mol. The number of aromatic nitrogens is 4. The second-order valence-electron chi connectivity index (χ2n) is 10.4. The molecule has 1 saturated heterocycles. The Morgan fingerprint density at radius 2 is 2.08 bits per heavy atom. The van der Waals surface area contributed by atoms with Crippen molar-refractivity contribution in [3.63, 3.8) is 0 Å². The summed E-state index contributed by atoms with van der Waals surface area (Å²) in [4.78, 5) is 51.6. The number of hydrogen-bond acceptors (Lipinski definition) is 5. The van der Waals surface area contributed by atoms with E-state index in [9.17, 15) is 14.4 Å². The van der Waals surface area contributed by atoms with Crippen molar-refractivity contribution < 1.29 is 9.59 Å². The average Bonchev–Trinajstić information content (AvgIpc) is 3.32. The fourth-order valence-corrected chi connectivity index (χ4v) is 6.02. The summed E-state index contributed by atoms with van der Waals surface area (Å²) >= 11 is 0. The maximum absolute atomic E-state index is 13.1. The Kier molecular flexibility index (Phi) is 5.98. The maximum atomic E-state index is 13.1. The number of rotatable bonds is 4. The van der Waals surface area contributed by atoms with E-state index < -0.39 is 0 Å². The summed E-state index contributed by atoms with van der Waals surface area (Å²) in [6.07, 6.45) is 11.0.